The molecule has 1 amide bonds. The first-order chi connectivity index (χ1) is 27.7. The number of benzene rings is 3. The van der Waals surface area contributed by atoms with Gasteiger partial charge >= 0.3 is 12.1 Å². The molecule has 0 saturated carbocycles. The lowest BCUT2D eigenvalue weighted by atomic mass is 9.98. The number of imidazole rings is 1. The molecule has 0 unspecified atom stereocenters. The summed E-state index contributed by atoms with van der Waals surface area (Å²) in [5, 5.41) is 24.7. The van der Waals surface area contributed by atoms with E-state index in [0.29, 0.717) is 0 Å². The molecule has 2 saturated heterocycles. The number of carbonyl (C=O) groups excluding carboxylic acids is 2. The molecule has 3 aromatic carbocycles. The van der Waals surface area contributed by atoms with Gasteiger partial charge in [0.1, 0.15) is 37.1 Å². The number of ether oxygens (including phenoxy) is 7. The molecule has 0 spiro atoms. The highest BCUT2D eigenvalue weighted by Crippen LogP contribution is 2.37. The molecule has 57 heavy (non-hydrogen) atoms. The van der Waals surface area contributed by atoms with Crippen LogP contribution >= 0.6 is 0 Å². The molecule has 2 aliphatic heterocycles. The van der Waals surface area contributed by atoms with Crippen LogP contribution < -0.4 is 10.9 Å². The number of nitrogens with one attached hydrogen (secondary N) is 2. The van der Waals surface area contributed by atoms with Crippen LogP contribution in [0.1, 0.15) is 36.8 Å². The molecule has 2 fully saturated rings. The van der Waals surface area contributed by atoms with Crippen LogP contribution in [0.3, 0.4) is 0 Å². The fraction of sp³-hybridized carbons (Fsp3) is 0.375. The van der Waals surface area contributed by atoms with Crippen molar-refractivity contribution in [2.75, 3.05) is 11.9 Å². The van der Waals surface area contributed by atoms with Crippen molar-refractivity contribution in [2.45, 2.75) is 88.9 Å². The molecular formula is C40H43N5O12. The Morgan fingerprint density at radius 2 is 1.44 bits per heavy atom. The van der Waals surface area contributed by atoms with E-state index in [0.717, 1.165) is 16.7 Å². The van der Waals surface area contributed by atoms with E-state index in [1.807, 2.05) is 66.7 Å². The first-order valence-electron chi connectivity index (χ1n) is 18.4. The molecule has 17 nitrogen and oxygen atoms in total. The number of fused-ring (bicyclic) bond motifs is 1. The topological polar surface area (TPSA) is 215 Å². The van der Waals surface area contributed by atoms with Crippen LogP contribution in [0.5, 0.6) is 0 Å². The molecule has 17 heteroatoms. The molecule has 0 radical (unpaired) electrons. The number of hydrogen-bond donors (Lipinski definition) is 4. The number of aliphatic hydroxyl groups is 2. The number of amides is 1. The minimum absolute atomic E-state index is 0.0188. The molecule has 2 aliphatic rings. The Morgan fingerprint density at radius 1 is 0.842 bits per heavy atom. The van der Waals surface area contributed by atoms with Gasteiger partial charge in [0.05, 0.1) is 32.3 Å². The molecule has 300 valence electrons. The average Bonchev–Trinajstić information content (AvgIpc) is 3.78. The fourth-order valence-electron chi connectivity index (χ4n) is 6.78. The summed E-state index contributed by atoms with van der Waals surface area (Å²) in [6, 6.07) is 27.9. The second-order valence-corrected chi connectivity index (χ2v) is 13.6. The number of esters is 1. The quantitative estimate of drug-likeness (QED) is 0.119. The Morgan fingerprint density at radius 3 is 2.04 bits per heavy atom. The molecule has 5 aromatic rings. The maximum absolute atomic E-state index is 13.0. The summed E-state index contributed by atoms with van der Waals surface area (Å²) >= 11 is 0. The van der Waals surface area contributed by atoms with E-state index >= 15 is 0 Å². The average molecular weight is 786 g/mol. The fourth-order valence-corrected chi connectivity index (χ4v) is 6.78. The molecular weight excluding hydrogens is 742 g/mol. The van der Waals surface area contributed by atoms with Crippen LogP contribution in [0.25, 0.3) is 11.2 Å². The summed E-state index contributed by atoms with van der Waals surface area (Å²) in [6.45, 7) is 2.64. The van der Waals surface area contributed by atoms with Crippen LogP contribution in [-0.2, 0) is 57.8 Å². The largest absolute Gasteiger partial charge is 0.457 e. The van der Waals surface area contributed by atoms with Crippen LogP contribution in [0.4, 0.5) is 10.7 Å². The monoisotopic (exact) mass is 785 g/mol. The van der Waals surface area contributed by atoms with Crippen LogP contribution in [-0.4, -0.2) is 97.4 Å². The van der Waals surface area contributed by atoms with Gasteiger partial charge in [-0.2, -0.15) is 4.98 Å². The van der Waals surface area contributed by atoms with Gasteiger partial charge in [-0.1, -0.05) is 91.0 Å². The third-order valence-electron chi connectivity index (χ3n) is 9.52. The highest BCUT2D eigenvalue weighted by atomic mass is 16.7. The van der Waals surface area contributed by atoms with Crippen molar-refractivity contribution in [3.8, 4) is 0 Å². The Hall–Kier alpha value is -5.53. The lowest BCUT2D eigenvalue weighted by Crippen LogP contribution is -2.61. The number of hydrogen-bond acceptors (Lipinski definition) is 14. The van der Waals surface area contributed by atoms with Crippen molar-refractivity contribution in [1.82, 2.24) is 19.5 Å². The Kier molecular flexibility index (Phi) is 12.6. The van der Waals surface area contributed by atoms with Crippen molar-refractivity contribution in [1.29, 1.82) is 0 Å². The van der Waals surface area contributed by atoms with Gasteiger partial charge in [-0.05, 0) is 23.6 Å². The SMILES string of the molecule is CC(=O)O[C@H]1[C@@H](OCc2ccccc2)[C@H](OCc2ccccc2)[C@H](O[C@H]2[C@@H](O)[C@H](n3cnc4c(=O)[nH]c(NC(=O)OCc5ccccc5)nc43)O[C@@H]2CO)O[C@H]1C. The van der Waals surface area contributed by atoms with Crippen molar-refractivity contribution < 1.29 is 53.0 Å². The van der Waals surface area contributed by atoms with Crippen molar-refractivity contribution >= 4 is 29.2 Å². The number of rotatable bonds is 14. The number of H-pyrrole nitrogens is 1. The summed E-state index contributed by atoms with van der Waals surface area (Å²) < 4.78 is 44.1. The predicted molar refractivity (Wildman–Crippen MR) is 200 cm³/mol. The standard InChI is InChI=1S/C40H43N5O12/c1-23-31(55-24(2)47)33(51-19-25-12-6-3-7-13-25)34(52-20-26-14-8-4-9-15-26)38(54-23)57-32-28(18-46)56-37(30(32)48)45-22-41-29-35(45)42-39(43-36(29)49)44-40(50)53-21-27-16-10-5-11-17-27/h3-17,22-23,28,30-34,37-38,46,48H,18-21H2,1-2H3,(H2,42,43,44,49,50)/t23-,28+,30+,31+,32+,33+,34-,37+,38-/m0/s1. The number of aliphatic hydroxyl groups excluding tert-OH is 2. The van der Waals surface area contributed by atoms with Crippen LogP contribution in [0.2, 0.25) is 0 Å². The third kappa shape index (κ3) is 9.37. The first kappa shape index (κ1) is 39.7. The Bertz CT molecular complexity index is 2150. The van der Waals surface area contributed by atoms with Gasteiger partial charge in [-0.15, -0.1) is 0 Å². The van der Waals surface area contributed by atoms with Crippen molar-refractivity contribution in [3.05, 3.63) is 124 Å². The number of carbonyl (C=O) groups is 2. The third-order valence-corrected chi connectivity index (χ3v) is 9.52. The maximum Gasteiger partial charge on any atom is 0.414 e. The molecule has 4 N–H and O–H groups in total. The molecule has 9 atom stereocenters. The number of aromatic nitrogens is 4. The van der Waals surface area contributed by atoms with Crippen LogP contribution in [0.15, 0.2) is 102 Å². The van der Waals surface area contributed by atoms with E-state index in [2.05, 4.69) is 20.3 Å². The summed E-state index contributed by atoms with van der Waals surface area (Å²) in [5.74, 6) is -0.784. The van der Waals surface area contributed by atoms with Gasteiger partial charge in [0.15, 0.2) is 29.8 Å². The van der Waals surface area contributed by atoms with Gasteiger partial charge in [0, 0.05) is 6.92 Å². The smallest absolute Gasteiger partial charge is 0.414 e. The second kappa shape index (κ2) is 18.2. The molecule has 2 aromatic heterocycles. The zero-order chi connectivity index (χ0) is 39.9. The molecule has 7 rings (SSSR count). The van der Waals surface area contributed by atoms with Crippen LogP contribution in [0, 0.1) is 0 Å². The van der Waals surface area contributed by atoms with Gasteiger partial charge < -0.3 is 43.4 Å². The van der Waals surface area contributed by atoms with E-state index in [1.165, 1.54) is 17.8 Å². The van der Waals surface area contributed by atoms with Gasteiger partial charge in [0.2, 0.25) is 5.95 Å². The Labute approximate surface area is 326 Å². The van der Waals surface area contributed by atoms with Gasteiger partial charge in [0.25, 0.3) is 5.56 Å². The Balaban J connectivity index is 1.13. The van der Waals surface area contributed by atoms with E-state index in [1.54, 1.807) is 31.2 Å². The highest BCUT2D eigenvalue weighted by molar-refractivity contribution is 5.83. The van der Waals surface area contributed by atoms with E-state index < -0.39 is 79.5 Å². The normalized spacial score (nSPS) is 25.9. The second-order valence-electron chi connectivity index (χ2n) is 13.6. The van der Waals surface area contributed by atoms with E-state index in [9.17, 15) is 24.6 Å². The zero-order valence-electron chi connectivity index (χ0n) is 31.1. The summed E-state index contributed by atoms with van der Waals surface area (Å²) in [6.07, 6.45) is -9.56. The number of aromatic amines is 1. The molecule has 0 bridgehead atoms. The first-order valence-corrected chi connectivity index (χ1v) is 18.4. The van der Waals surface area contributed by atoms with Crippen molar-refractivity contribution in [3.63, 3.8) is 0 Å². The number of nitrogens with zero attached hydrogens (tertiary/aromatic N) is 3. The van der Waals surface area contributed by atoms with Crippen molar-refractivity contribution in [2.24, 2.45) is 0 Å². The number of anilines is 1. The summed E-state index contributed by atoms with van der Waals surface area (Å²) in [5.41, 5.74) is 1.64. The van der Waals surface area contributed by atoms with Gasteiger partial charge in [-0.25, -0.2) is 9.78 Å². The lowest BCUT2D eigenvalue weighted by Gasteiger charge is -2.45. The summed E-state index contributed by atoms with van der Waals surface area (Å²) in [4.78, 5) is 48.9. The van der Waals surface area contributed by atoms with Gasteiger partial charge in [-0.3, -0.25) is 24.5 Å². The molecule has 4 heterocycles. The molecule has 0 aliphatic carbocycles. The maximum atomic E-state index is 13.0. The zero-order valence-corrected chi connectivity index (χ0v) is 31.1. The van der Waals surface area contributed by atoms with E-state index in [4.69, 9.17) is 33.2 Å². The predicted octanol–water partition coefficient (Wildman–Crippen LogP) is 3.35. The minimum Gasteiger partial charge on any atom is -0.457 e. The lowest BCUT2D eigenvalue weighted by molar-refractivity contribution is -0.329. The highest BCUT2D eigenvalue weighted by Gasteiger charge is 2.53. The summed E-state index contributed by atoms with van der Waals surface area (Å²) in [7, 11) is 0. The minimum atomic E-state index is -1.49. The van der Waals surface area contributed by atoms with E-state index in [-0.39, 0.29) is 36.9 Å².